The maximum absolute atomic E-state index is 12.5. The minimum atomic E-state index is 0.0224. The first-order chi connectivity index (χ1) is 14.7. The Balaban J connectivity index is 1.60. The number of nitrogens with zero attached hydrogens (tertiary/aromatic N) is 1. The van der Waals surface area contributed by atoms with Crippen LogP contribution in [0.15, 0.2) is 91.0 Å². The van der Waals surface area contributed by atoms with E-state index in [0.717, 1.165) is 16.4 Å². The fourth-order valence-corrected chi connectivity index (χ4v) is 4.63. The Kier molecular flexibility index (Phi) is 6.35. The standard InChI is InChI=1S/C26H24N2OS/c1-19-27-26(23(30-19)17-18-24(29)28-22-15-9-4-10-16-22)25(20-11-5-2-6-12-20)21-13-7-3-8-14-21/h2-16,25H,17-18H2,1H3,(H,28,29). The Bertz CT molecular complexity index is 1050. The number of amides is 1. The second-order valence-corrected chi connectivity index (χ2v) is 8.50. The van der Waals surface area contributed by atoms with Crippen molar-refractivity contribution in [2.24, 2.45) is 0 Å². The second-order valence-electron chi connectivity index (χ2n) is 7.21. The summed E-state index contributed by atoms with van der Waals surface area (Å²) >= 11 is 1.69. The van der Waals surface area contributed by atoms with Crippen molar-refractivity contribution in [2.75, 3.05) is 5.32 Å². The summed E-state index contributed by atoms with van der Waals surface area (Å²) in [6, 6.07) is 30.5. The molecule has 1 N–H and O–H groups in total. The lowest BCUT2D eigenvalue weighted by Gasteiger charge is -2.18. The van der Waals surface area contributed by atoms with Crippen molar-refractivity contribution < 1.29 is 4.79 Å². The number of hydrogen-bond acceptors (Lipinski definition) is 3. The zero-order valence-corrected chi connectivity index (χ0v) is 17.7. The van der Waals surface area contributed by atoms with Gasteiger partial charge in [0, 0.05) is 17.0 Å². The molecular weight excluding hydrogens is 388 g/mol. The van der Waals surface area contributed by atoms with Crippen molar-refractivity contribution in [2.45, 2.75) is 25.7 Å². The molecule has 0 unspecified atom stereocenters. The molecule has 0 bridgehead atoms. The molecule has 1 heterocycles. The van der Waals surface area contributed by atoms with Gasteiger partial charge in [0.2, 0.25) is 5.91 Å². The predicted molar refractivity (Wildman–Crippen MR) is 124 cm³/mol. The van der Waals surface area contributed by atoms with Gasteiger partial charge < -0.3 is 5.32 Å². The van der Waals surface area contributed by atoms with Crippen LogP contribution >= 0.6 is 11.3 Å². The number of hydrogen-bond donors (Lipinski definition) is 1. The molecule has 0 aliphatic rings. The van der Waals surface area contributed by atoms with Crippen LogP contribution in [-0.2, 0) is 11.2 Å². The number of carbonyl (C=O) groups excluding carboxylic acids is 1. The van der Waals surface area contributed by atoms with Gasteiger partial charge in [-0.2, -0.15) is 0 Å². The Hall–Kier alpha value is -3.24. The van der Waals surface area contributed by atoms with E-state index >= 15 is 0 Å². The van der Waals surface area contributed by atoms with Crippen LogP contribution in [0.5, 0.6) is 0 Å². The van der Waals surface area contributed by atoms with Gasteiger partial charge in [0.15, 0.2) is 0 Å². The highest BCUT2D eigenvalue weighted by Gasteiger charge is 2.23. The zero-order chi connectivity index (χ0) is 20.8. The van der Waals surface area contributed by atoms with Crippen molar-refractivity contribution in [1.82, 2.24) is 4.98 Å². The third-order valence-electron chi connectivity index (χ3n) is 5.01. The molecule has 4 rings (SSSR count). The monoisotopic (exact) mass is 412 g/mol. The lowest BCUT2D eigenvalue weighted by molar-refractivity contribution is -0.116. The summed E-state index contributed by atoms with van der Waals surface area (Å²) in [6.07, 6.45) is 1.11. The van der Waals surface area contributed by atoms with Crippen molar-refractivity contribution in [1.29, 1.82) is 0 Å². The van der Waals surface area contributed by atoms with Crippen LogP contribution in [0.4, 0.5) is 5.69 Å². The van der Waals surface area contributed by atoms with Crippen LogP contribution in [0.1, 0.15) is 39.0 Å². The van der Waals surface area contributed by atoms with E-state index in [-0.39, 0.29) is 11.8 Å². The van der Waals surface area contributed by atoms with Gasteiger partial charge in [-0.15, -0.1) is 11.3 Å². The average Bonchev–Trinajstić information content (AvgIpc) is 3.15. The number of thiazole rings is 1. The molecule has 0 atom stereocenters. The molecule has 3 aromatic carbocycles. The van der Waals surface area contributed by atoms with Gasteiger partial charge in [-0.3, -0.25) is 4.79 Å². The van der Waals surface area contributed by atoms with Crippen molar-refractivity contribution in [3.63, 3.8) is 0 Å². The van der Waals surface area contributed by atoms with Gasteiger partial charge in [-0.05, 0) is 36.6 Å². The number of carbonyl (C=O) groups is 1. The van der Waals surface area contributed by atoms with Crippen molar-refractivity contribution in [3.8, 4) is 0 Å². The molecule has 1 aromatic heterocycles. The second kappa shape index (κ2) is 9.51. The lowest BCUT2D eigenvalue weighted by atomic mass is 9.87. The number of aryl methyl sites for hydroxylation is 2. The molecule has 4 heteroatoms. The van der Waals surface area contributed by atoms with E-state index in [2.05, 4.69) is 53.8 Å². The normalized spacial score (nSPS) is 10.9. The smallest absolute Gasteiger partial charge is 0.224 e. The first kappa shape index (κ1) is 20.0. The van der Waals surface area contributed by atoms with Gasteiger partial charge in [0.25, 0.3) is 0 Å². The number of para-hydroxylation sites is 1. The molecule has 150 valence electrons. The van der Waals surface area contributed by atoms with Crippen LogP contribution < -0.4 is 5.32 Å². The van der Waals surface area contributed by atoms with E-state index in [9.17, 15) is 4.79 Å². The summed E-state index contributed by atoms with van der Waals surface area (Å²) in [5.74, 6) is 0.0821. The topological polar surface area (TPSA) is 42.0 Å². The minimum absolute atomic E-state index is 0.0224. The van der Waals surface area contributed by atoms with Crippen LogP contribution in [0, 0.1) is 6.92 Å². The van der Waals surface area contributed by atoms with Gasteiger partial charge in [0.1, 0.15) is 0 Å². The van der Waals surface area contributed by atoms with Crippen LogP contribution in [-0.4, -0.2) is 10.9 Å². The molecule has 0 fully saturated rings. The molecule has 30 heavy (non-hydrogen) atoms. The van der Waals surface area contributed by atoms with E-state index in [1.807, 2.05) is 49.4 Å². The summed E-state index contributed by atoms with van der Waals surface area (Å²) in [7, 11) is 0. The molecule has 0 aliphatic carbocycles. The van der Waals surface area contributed by atoms with Crippen LogP contribution in [0.3, 0.4) is 0 Å². The quantitative estimate of drug-likeness (QED) is 0.392. The highest BCUT2D eigenvalue weighted by atomic mass is 32.1. The Morgan fingerprint density at radius 1 is 0.867 bits per heavy atom. The molecule has 1 amide bonds. The summed E-state index contributed by atoms with van der Waals surface area (Å²) in [5, 5.41) is 4.00. The van der Waals surface area contributed by atoms with Crippen LogP contribution in [0.2, 0.25) is 0 Å². The highest BCUT2D eigenvalue weighted by molar-refractivity contribution is 7.11. The molecule has 0 radical (unpaired) electrons. The van der Waals surface area contributed by atoms with Crippen molar-refractivity contribution >= 4 is 22.9 Å². The molecule has 4 aromatic rings. The number of aromatic nitrogens is 1. The summed E-state index contributed by atoms with van der Waals surface area (Å²) in [6.45, 7) is 2.04. The zero-order valence-electron chi connectivity index (χ0n) is 16.9. The van der Waals surface area contributed by atoms with Crippen molar-refractivity contribution in [3.05, 3.63) is 118 Å². The maximum Gasteiger partial charge on any atom is 0.224 e. The first-order valence-electron chi connectivity index (χ1n) is 10.1. The summed E-state index contributed by atoms with van der Waals surface area (Å²) in [5.41, 5.74) is 4.31. The Labute approximate surface area is 181 Å². The largest absolute Gasteiger partial charge is 0.326 e. The fraction of sp³-hybridized carbons (Fsp3) is 0.154. The van der Waals surface area contributed by atoms with E-state index in [1.54, 1.807) is 11.3 Å². The first-order valence-corrected chi connectivity index (χ1v) is 10.9. The molecule has 0 saturated heterocycles. The number of rotatable bonds is 7. The Morgan fingerprint density at radius 2 is 1.40 bits per heavy atom. The third-order valence-corrected chi connectivity index (χ3v) is 6.06. The summed E-state index contributed by atoms with van der Waals surface area (Å²) in [4.78, 5) is 18.6. The van der Waals surface area contributed by atoms with E-state index in [1.165, 1.54) is 16.0 Å². The SMILES string of the molecule is Cc1nc(C(c2ccccc2)c2ccccc2)c(CCC(=O)Nc2ccccc2)s1. The minimum Gasteiger partial charge on any atom is -0.326 e. The lowest BCUT2D eigenvalue weighted by Crippen LogP contribution is -2.13. The average molecular weight is 413 g/mol. The van der Waals surface area contributed by atoms with Gasteiger partial charge >= 0.3 is 0 Å². The fourth-order valence-electron chi connectivity index (χ4n) is 3.66. The number of nitrogens with one attached hydrogen (secondary N) is 1. The number of anilines is 1. The van der Waals surface area contributed by atoms with Crippen LogP contribution in [0.25, 0.3) is 0 Å². The van der Waals surface area contributed by atoms with E-state index < -0.39 is 0 Å². The van der Waals surface area contributed by atoms with Gasteiger partial charge in [0.05, 0.1) is 16.6 Å². The third kappa shape index (κ3) is 4.84. The van der Waals surface area contributed by atoms with E-state index in [0.29, 0.717) is 12.8 Å². The summed E-state index contributed by atoms with van der Waals surface area (Å²) < 4.78 is 0. The van der Waals surface area contributed by atoms with Gasteiger partial charge in [-0.1, -0.05) is 78.9 Å². The maximum atomic E-state index is 12.5. The van der Waals surface area contributed by atoms with Gasteiger partial charge in [-0.25, -0.2) is 4.98 Å². The molecular formula is C26H24N2OS. The highest BCUT2D eigenvalue weighted by Crippen LogP contribution is 2.36. The Morgan fingerprint density at radius 3 is 1.97 bits per heavy atom. The van der Waals surface area contributed by atoms with E-state index in [4.69, 9.17) is 4.98 Å². The molecule has 3 nitrogen and oxygen atoms in total. The molecule has 0 aliphatic heterocycles. The predicted octanol–water partition coefficient (Wildman–Crippen LogP) is 6.20. The molecule has 0 spiro atoms. The number of benzene rings is 3. The molecule has 0 saturated carbocycles.